The molecule has 0 fully saturated rings. The molecule has 0 spiro atoms. The maximum absolute atomic E-state index is 7.38. The molecule has 3 heteroatoms. The standard InChI is InChI=1S/C18H17N3/c19-18(20)15-7-9-17(10-8-15)21-12-13-5-6-14-3-1-2-4-16(14)11-13/h1-11,21H,12H2,(H3,19,20). The summed E-state index contributed by atoms with van der Waals surface area (Å²) >= 11 is 0. The molecule has 4 N–H and O–H groups in total. The van der Waals surface area contributed by atoms with Gasteiger partial charge in [-0.2, -0.15) is 0 Å². The molecule has 0 radical (unpaired) electrons. The van der Waals surface area contributed by atoms with E-state index in [1.807, 2.05) is 24.3 Å². The Morgan fingerprint density at radius 3 is 2.33 bits per heavy atom. The molecule has 3 aromatic carbocycles. The van der Waals surface area contributed by atoms with E-state index < -0.39 is 0 Å². The van der Waals surface area contributed by atoms with Crippen molar-refractivity contribution in [2.75, 3.05) is 5.32 Å². The Bertz CT molecular complexity index is 776. The molecular formula is C18H17N3. The van der Waals surface area contributed by atoms with Crippen LogP contribution in [0.15, 0.2) is 66.7 Å². The van der Waals surface area contributed by atoms with Gasteiger partial charge in [0.1, 0.15) is 5.84 Å². The van der Waals surface area contributed by atoms with Crippen molar-refractivity contribution >= 4 is 22.3 Å². The lowest BCUT2D eigenvalue weighted by Crippen LogP contribution is -2.10. The van der Waals surface area contributed by atoms with Crippen LogP contribution in [0.25, 0.3) is 10.8 Å². The van der Waals surface area contributed by atoms with Crippen molar-refractivity contribution in [2.24, 2.45) is 5.73 Å². The largest absolute Gasteiger partial charge is 0.384 e. The van der Waals surface area contributed by atoms with Gasteiger partial charge in [-0.25, -0.2) is 0 Å². The van der Waals surface area contributed by atoms with Gasteiger partial charge in [0.25, 0.3) is 0 Å². The van der Waals surface area contributed by atoms with E-state index in [1.54, 1.807) is 0 Å². The third-order valence-electron chi connectivity index (χ3n) is 3.51. The lowest BCUT2D eigenvalue weighted by Gasteiger charge is -2.08. The van der Waals surface area contributed by atoms with Crippen molar-refractivity contribution in [3.63, 3.8) is 0 Å². The van der Waals surface area contributed by atoms with Crippen molar-refractivity contribution in [2.45, 2.75) is 6.54 Å². The number of rotatable bonds is 4. The van der Waals surface area contributed by atoms with Gasteiger partial charge >= 0.3 is 0 Å². The highest BCUT2D eigenvalue weighted by atomic mass is 14.9. The molecule has 0 saturated carbocycles. The molecular weight excluding hydrogens is 258 g/mol. The summed E-state index contributed by atoms with van der Waals surface area (Å²) in [6.07, 6.45) is 0. The molecule has 0 bridgehead atoms. The van der Waals surface area contributed by atoms with Gasteiger partial charge in [0.05, 0.1) is 0 Å². The van der Waals surface area contributed by atoms with Gasteiger partial charge in [-0.05, 0) is 46.7 Å². The summed E-state index contributed by atoms with van der Waals surface area (Å²) in [4.78, 5) is 0. The quantitative estimate of drug-likeness (QED) is 0.502. The van der Waals surface area contributed by atoms with E-state index in [-0.39, 0.29) is 5.84 Å². The molecule has 104 valence electrons. The molecule has 0 aliphatic heterocycles. The fourth-order valence-electron chi connectivity index (χ4n) is 2.32. The van der Waals surface area contributed by atoms with E-state index in [2.05, 4.69) is 47.8 Å². The van der Waals surface area contributed by atoms with Gasteiger partial charge in [0, 0.05) is 17.8 Å². The first-order valence-corrected chi connectivity index (χ1v) is 6.88. The lowest BCUT2D eigenvalue weighted by atomic mass is 10.1. The van der Waals surface area contributed by atoms with Crippen LogP contribution in [0.2, 0.25) is 0 Å². The zero-order valence-electron chi connectivity index (χ0n) is 11.6. The number of hydrogen-bond acceptors (Lipinski definition) is 2. The van der Waals surface area contributed by atoms with E-state index in [0.717, 1.165) is 17.8 Å². The van der Waals surface area contributed by atoms with Crippen LogP contribution in [-0.4, -0.2) is 5.84 Å². The second kappa shape index (κ2) is 5.67. The number of nitrogen functional groups attached to an aromatic ring is 1. The number of amidine groups is 1. The summed E-state index contributed by atoms with van der Waals surface area (Å²) in [5.41, 5.74) is 8.45. The molecule has 0 atom stereocenters. The first-order chi connectivity index (χ1) is 10.2. The van der Waals surface area contributed by atoms with E-state index >= 15 is 0 Å². The Morgan fingerprint density at radius 2 is 1.62 bits per heavy atom. The van der Waals surface area contributed by atoms with Crippen LogP contribution in [-0.2, 0) is 6.54 Å². The van der Waals surface area contributed by atoms with Crippen LogP contribution < -0.4 is 11.1 Å². The minimum Gasteiger partial charge on any atom is -0.384 e. The van der Waals surface area contributed by atoms with Gasteiger partial charge < -0.3 is 11.1 Å². The third kappa shape index (κ3) is 3.03. The molecule has 0 heterocycles. The Kier molecular flexibility index (Phi) is 3.56. The second-order valence-corrected chi connectivity index (χ2v) is 5.03. The highest BCUT2D eigenvalue weighted by molar-refractivity contribution is 5.95. The number of nitrogens with one attached hydrogen (secondary N) is 2. The number of hydrogen-bond donors (Lipinski definition) is 3. The van der Waals surface area contributed by atoms with E-state index in [1.165, 1.54) is 16.3 Å². The molecule has 0 aliphatic rings. The average Bonchev–Trinajstić information content (AvgIpc) is 2.53. The van der Waals surface area contributed by atoms with Crippen LogP contribution in [0.1, 0.15) is 11.1 Å². The summed E-state index contributed by atoms with van der Waals surface area (Å²) in [6, 6.07) is 22.4. The van der Waals surface area contributed by atoms with Gasteiger partial charge in [0.2, 0.25) is 0 Å². The molecule has 0 aliphatic carbocycles. The van der Waals surface area contributed by atoms with Crippen molar-refractivity contribution in [3.8, 4) is 0 Å². The first kappa shape index (κ1) is 13.2. The Labute approximate surface area is 123 Å². The lowest BCUT2D eigenvalue weighted by molar-refractivity contribution is 1.15. The van der Waals surface area contributed by atoms with Crippen LogP contribution >= 0.6 is 0 Å². The van der Waals surface area contributed by atoms with Gasteiger partial charge in [-0.15, -0.1) is 0 Å². The van der Waals surface area contributed by atoms with Crippen molar-refractivity contribution in [1.29, 1.82) is 5.41 Å². The minimum atomic E-state index is 0.0936. The fraction of sp³-hybridized carbons (Fsp3) is 0.0556. The van der Waals surface area contributed by atoms with E-state index in [4.69, 9.17) is 11.1 Å². The monoisotopic (exact) mass is 275 g/mol. The molecule has 0 aromatic heterocycles. The summed E-state index contributed by atoms with van der Waals surface area (Å²) in [5.74, 6) is 0.0936. The molecule has 0 amide bonds. The maximum Gasteiger partial charge on any atom is 0.122 e. The summed E-state index contributed by atoms with van der Waals surface area (Å²) in [5, 5.41) is 13.3. The molecule has 0 unspecified atom stereocenters. The molecule has 0 saturated heterocycles. The Balaban J connectivity index is 1.72. The van der Waals surface area contributed by atoms with Gasteiger partial charge in [-0.1, -0.05) is 36.4 Å². The van der Waals surface area contributed by atoms with Gasteiger partial charge in [0.15, 0.2) is 0 Å². The predicted octanol–water partition coefficient (Wildman–Crippen LogP) is 3.74. The number of nitrogens with two attached hydrogens (primary N) is 1. The second-order valence-electron chi connectivity index (χ2n) is 5.03. The zero-order chi connectivity index (χ0) is 14.7. The highest BCUT2D eigenvalue weighted by Crippen LogP contribution is 2.17. The average molecular weight is 275 g/mol. The number of anilines is 1. The van der Waals surface area contributed by atoms with E-state index in [0.29, 0.717) is 0 Å². The third-order valence-corrected chi connectivity index (χ3v) is 3.51. The van der Waals surface area contributed by atoms with E-state index in [9.17, 15) is 0 Å². The number of fused-ring (bicyclic) bond motifs is 1. The summed E-state index contributed by atoms with van der Waals surface area (Å²) in [6.45, 7) is 0.768. The predicted molar refractivity (Wildman–Crippen MR) is 88.7 cm³/mol. The molecule has 21 heavy (non-hydrogen) atoms. The molecule has 3 nitrogen and oxygen atoms in total. The van der Waals surface area contributed by atoms with Crippen molar-refractivity contribution in [3.05, 3.63) is 77.9 Å². The maximum atomic E-state index is 7.38. The Morgan fingerprint density at radius 1 is 0.905 bits per heavy atom. The smallest absolute Gasteiger partial charge is 0.122 e. The zero-order valence-corrected chi connectivity index (χ0v) is 11.6. The minimum absolute atomic E-state index is 0.0936. The summed E-state index contributed by atoms with van der Waals surface area (Å²) < 4.78 is 0. The van der Waals surface area contributed by atoms with Crippen LogP contribution in [0.5, 0.6) is 0 Å². The highest BCUT2D eigenvalue weighted by Gasteiger charge is 1.99. The topological polar surface area (TPSA) is 61.9 Å². The molecule has 3 rings (SSSR count). The normalized spacial score (nSPS) is 10.5. The fourth-order valence-corrected chi connectivity index (χ4v) is 2.32. The first-order valence-electron chi connectivity index (χ1n) is 6.88. The Hall–Kier alpha value is -2.81. The molecule has 3 aromatic rings. The van der Waals surface area contributed by atoms with Crippen LogP contribution in [0, 0.1) is 5.41 Å². The van der Waals surface area contributed by atoms with Crippen molar-refractivity contribution < 1.29 is 0 Å². The number of benzene rings is 3. The summed E-state index contributed by atoms with van der Waals surface area (Å²) in [7, 11) is 0. The SMILES string of the molecule is N=C(N)c1ccc(NCc2ccc3ccccc3c2)cc1. The van der Waals surface area contributed by atoms with Crippen molar-refractivity contribution in [1.82, 2.24) is 0 Å². The van der Waals surface area contributed by atoms with Crippen LogP contribution in [0.4, 0.5) is 5.69 Å². The van der Waals surface area contributed by atoms with Crippen LogP contribution in [0.3, 0.4) is 0 Å². The van der Waals surface area contributed by atoms with Gasteiger partial charge in [-0.3, -0.25) is 5.41 Å².